The van der Waals surface area contributed by atoms with Crippen LogP contribution in [-0.2, 0) is 0 Å². The Balaban J connectivity index is 2.33. The minimum atomic E-state index is -0.480. The fraction of sp³-hybridized carbons (Fsp3) is 0. The van der Waals surface area contributed by atoms with E-state index in [-0.39, 0.29) is 17.1 Å². The van der Waals surface area contributed by atoms with E-state index in [0.29, 0.717) is 14.6 Å². The fourth-order valence-electron chi connectivity index (χ4n) is 1.55. The van der Waals surface area contributed by atoms with Crippen LogP contribution >= 0.6 is 47.8 Å². The molecular formula is C13H8Br3NO3. The van der Waals surface area contributed by atoms with Gasteiger partial charge in [0.05, 0.1) is 11.3 Å². The second-order valence-corrected chi connectivity index (χ2v) is 6.52. The summed E-state index contributed by atoms with van der Waals surface area (Å²) < 4.78 is 2.22. The Morgan fingerprint density at radius 3 is 2.15 bits per heavy atom. The van der Waals surface area contributed by atoms with Gasteiger partial charge in [-0.3, -0.25) is 4.79 Å². The Kier molecular flexibility index (Phi) is 4.72. The molecule has 20 heavy (non-hydrogen) atoms. The molecule has 0 aliphatic rings. The predicted molar refractivity (Wildman–Crippen MR) is 87.3 cm³/mol. The van der Waals surface area contributed by atoms with E-state index in [1.165, 1.54) is 12.1 Å². The summed E-state index contributed by atoms with van der Waals surface area (Å²) in [6.07, 6.45) is 0. The summed E-state index contributed by atoms with van der Waals surface area (Å²) in [5.41, 5.74) is 0.621. The smallest absolute Gasteiger partial charge is 0.259 e. The summed E-state index contributed by atoms with van der Waals surface area (Å²) in [6.45, 7) is 0. The van der Waals surface area contributed by atoms with E-state index in [1.807, 2.05) is 0 Å². The minimum Gasteiger partial charge on any atom is -0.508 e. The van der Waals surface area contributed by atoms with E-state index < -0.39 is 5.91 Å². The van der Waals surface area contributed by atoms with Gasteiger partial charge in [0.15, 0.2) is 0 Å². The third-order valence-corrected chi connectivity index (χ3v) is 4.18. The summed E-state index contributed by atoms with van der Waals surface area (Å²) in [7, 11) is 0. The molecule has 0 spiro atoms. The molecule has 0 saturated heterocycles. The molecule has 0 aliphatic heterocycles. The number of hydrogen-bond donors (Lipinski definition) is 3. The Labute approximate surface area is 140 Å². The number of amides is 1. The molecule has 0 aromatic heterocycles. The molecule has 0 unspecified atom stereocenters. The van der Waals surface area contributed by atoms with Gasteiger partial charge in [0.25, 0.3) is 5.91 Å². The SMILES string of the molecule is O=C(Nc1c(Br)cc(Br)cc1Br)c1ccc(O)cc1O. The fourth-order valence-corrected chi connectivity index (χ4v) is 4.01. The van der Waals surface area contributed by atoms with Crippen LogP contribution in [0.1, 0.15) is 10.4 Å². The van der Waals surface area contributed by atoms with Crippen molar-refractivity contribution in [3.8, 4) is 11.5 Å². The number of rotatable bonds is 2. The molecule has 0 aliphatic carbocycles. The largest absolute Gasteiger partial charge is 0.508 e. The number of phenolic OH excluding ortho intramolecular Hbond substituents is 2. The zero-order valence-electron chi connectivity index (χ0n) is 9.82. The summed E-state index contributed by atoms with van der Waals surface area (Å²) in [6, 6.07) is 7.37. The Hall–Kier alpha value is -1.05. The summed E-state index contributed by atoms with van der Waals surface area (Å²) >= 11 is 10.0. The molecule has 1 amide bonds. The van der Waals surface area contributed by atoms with E-state index in [2.05, 4.69) is 53.1 Å². The molecule has 0 bridgehead atoms. The van der Waals surface area contributed by atoms with Gasteiger partial charge in [0.1, 0.15) is 11.5 Å². The molecule has 4 nitrogen and oxygen atoms in total. The zero-order chi connectivity index (χ0) is 14.9. The van der Waals surface area contributed by atoms with Crippen molar-refractivity contribution >= 4 is 59.4 Å². The predicted octanol–water partition coefficient (Wildman–Crippen LogP) is 4.64. The van der Waals surface area contributed by atoms with Gasteiger partial charge in [0, 0.05) is 19.5 Å². The number of anilines is 1. The Bertz CT molecular complexity index is 666. The molecule has 3 N–H and O–H groups in total. The summed E-state index contributed by atoms with van der Waals surface area (Å²) in [5.74, 6) is -0.872. The van der Waals surface area contributed by atoms with Gasteiger partial charge < -0.3 is 15.5 Å². The van der Waals surface area contributed by atoms with Gasteiger partial charge in [-0.25, -0.2) is 0 Å². The molecule has 2 aromatic carbocycles. The second-order valence-electron chi connectivity index (χ2n) is 3.90. The van der Waals surface area contributed by atoms with Crippen LogP contribution in [0.15, 0.2) is 43.7 Å². The number of carbonyl (C=O) groups is 1. The van der Waals surface area contributed by atoms with Crippen LogP contribution in [0.5, 0.6) is 11.5 Å². The highest BCUT2D eigenvalue weighted by molar-refractivity contribution is 9.11. The van der Waals surface area contributed by atoms with Crippen molar-refractivity contribution in [2.75, 3.05) is 5.32 Å². The molecule has 2 aromatic rings. The maximum atomic E-state index is 12.1. The van der Waals surface area contributed by atoms with Crippen molar-refractivity contribution < 1.29 is 15.0 Å². The van der Waals surface area contributed by atoms with Crippen molar-refractivity contribution in [2.24, 2.45) is 0 Å². The van der Waals surface area contributed by atoms with Crippen molar-refractivity contribution in [3.05, 3.63) is 49.3 Å². The van der Waals surface area contributed by atoms with Gasteiger partial charge in [0.2, 0.25) is 0 Å². The highest BCUT2D eigenvalue weighted by Gasteiger charge is 2.15. The van der Waals surface area contributed by atoms with Crippen LogP contribution in [0.4, 0.5) is 5.69 Å². The average Bonchev–Trinajstić information content (AvgIpc) is 2.33. The lowest BCUT2D eigenvalue weighted by atomic mass is 10.1. The van der Waals surface area contributed by atoms with Crippen molar-refractivity contribution in [1.82, 2.24) is 0 Å². The van der Waals surface area contributed by atoms with Crippen molar-refractivity contribution in [3.63, 3.8) is 0 Å². The monoisotopic (exact) mass is 463 g/mol. The molecule has 0 fully saturated rings. The molecule has 2 rings (SSSR count). The number of phenols is 2. The van der Waals surface area contributed by atoms with Crippen molar-refractivity contribution in [2.45, 2.75) is 0 Å². The van der Waals surface area contributed by atoms with Crippen LogP contribution in [0.25, 0.3) is 0 Å². The van der Waals surface area contributed by atoms with E-state index in [4.69, 9.17) is 0 Å². The molecule has 104 valence electrons. The van der Waals surface area contributed by atoms with Crippen LogP contribution in [0.2, 0.25) is 0 Å². The van der Waals surface area contributed by atoms with Gasteiger partial charge in [-0.1, -0.05) is 15.9 Å². The molecular weight excluding hydrogens is 458 g/mol. The highest BCUT2D eigenvalue weighted by Crippen LogP contribution is 2.35. The molecule has 0 radical (unpaired) electrons. The molecule has 0 atom stereocenters. The van der Waals surface area contributed by atoms with Gasteiger partial charge in [-0.05, 0) is 56.1 Å². The van der Waals surface area contributed by atoms with Crippen molar-refractivity contribution in [1.29, 1.82) is 0 Å². The molecule has 7 heteroatoms. The zero-order valence-corrected chi connectivity index (χ0v) is 14.6. The quantitative estimate of drug-likeness (QED) is 0.605. The first-order chi connectivity index (χ1) is 9.38. The number of hydrogen-bond acceptors (Lipinski definition) is 3. The number of benzene rings is 2. The number of aromatic hydroxyl groups is 2. The molecule has 0 saturated carbocycles. The third kappa shape index (κ3) is 3.34. The van der Waals surface area contributed by atoms with E-state index in [9.17, 15) is 15.0 Å². The van der Waals surface area contributed by atoms with Crippen LogP contribution in [0, 0.1) is 0 Å². The summed E-state index contributed by atoms with van der Waals surface area (Å²) in [5, 5.41) is 21.6. The Morgan fingerprint density at radius 1 is 1.00 bits per heavy atom. The van der Waals surface area contributed by atoms with E-state index >= 15 is 0 Å². The number of carbonyl (C=O) groups excluding carboxylic acids is 1. The van der Waals surface area contributed by atoms with Crippen LogP contribution < -0.4 is 5.32 Å². The first-order valence-electron chi connectivity index (χ1n) is 5.36. The maximum absolute atomic E-state index is 12.1. The van der Waals surface area contributed by atoms with Gasteiger partial charge >= 0.3 is 0 Å². The third-order valence-electron chi connectivity index (χ3n) is 2.47. The number of halogens is 3. The standard InChI is InChI=1S/C13H8Br3NO3/c14-6-3-9(15)12(10(16)4-6)17-13(20)8-2-1-7(18)5-11(8)19/h1-5,18-19H,(H,17,20). The highest BCUT2D eigenvalue weighted by atomic mass is 79.9. The van der Waals surface area contributed by atoms with E-state index in [0.717, 1.165) is 10.5 Å². The lowest BCUT2D eigenvalue weighted by molar-refractivity contribution is 0.102. The first-order valence-corrected chi connectivity index (χ1v) is 7.74. The first kappa shape index (κ1) is 15.3. The summed E-state index contributed by atoms with van der Waals surface area (Å²) in [4.78, 5) is 12.1. The maximum Gasteiger partial charge on any atom is 0.259 e. The van der Waals surface area contributed by atoms with Crippen LogP contribution in [0.3, 0.4) is 0 Å². The average molecular weight is 466 g/mol. The lowest BCUT2D eigenvalue weighted by Crippen LogP contribution is -2.13. The lowest BCUT2D eigenvalue weighted by Gasteiger charge is -2.11. The minimum absolute atomic E-state index is 0.0736. The second kappa shape index (κ2) is 6.15. The van der Waals surface area contributed by atoms with Gasteiger partial charge in [-0.15, -0.1) is 0 Å². The molecule has 0 heterocycles. The Morgan fingerprint density at radius 2 is 1.60 bits per heavy atom. The van der Waals surface area contributed by atoms with Gasteiger partial charge in [-0.2, -0.15) is 0 Å². The van der Waals surface area contributed by atoms with Crippen LogP contribution in [-0.4, -0.2) is 16.1 Å². The topological polar surface area (TPSA) is 69.6 Å². The normalized spacial score (nSPS) is 10.3. The number of nitrogens with one attached hydrogen (secondary N) is 1. The van der Waals surface area contributed by atoms with E-state index in [1.54, 1.807) is 12.1 Å².